The van der Waals surface area contributed by atoms with E-state index in [9.17, 15) is 19.7 Å². The molecule has 0 saturated carbocycles. The van der Waals surface area contributed by atoms with E-state index in [1.807, 2.05) is 6.92 Å². The number of hydrogen-bond acceptors (Lipinski definition) is 4. The van der Waals surface area contributed by atoms with E-state index >= 15 is 0 Å². The number of nitro benzene ring substituents is 1. The zero-order valence-electron chi connectivity index (χ0n) is 14.9. The van der Waals surface area contributed by atoms with E-state index in [1.54, 1.807) is 30.0 Å². The fourth-order valence-corrected chi connectivity index (χ4v) is 3.43. The van der Waals surface area contributed by atoms with Crippen LogP contribution in [0.2, 0.25) is 5.02 Å². The number of amides is 2. The lowest BCUT2D eigenvalue weighted by molar-refractivity contribution is -0.384. The summed E-state index contributed by atoms with van der Waals surface area (Å²) < 4.78 is 0. The molecule has 0 N–H and O–H groups in total. The maximum absolute atomic E-state index is 12.9. The molecule has 8 heteroatoms. The predicted octanol–water partition coefficient (Wildman–Crippen LogP) is 3.43. The number of hydrogen-bond donors (Lipinski definition) is 0. The first kappa shape index (κ1) is 18.8. The lowest BCUT2D eigenvalue weighted by Gasteiger charge is -2.39. The largest absolute Gasteiger partial charge is 0.325 e. The number of piperazine rings is 1. The maximum atomic E-state index is 12.9. The number of nitrogens with zero attached hydrogens (tertiary/aromatic N) is 3. The van der Waals surface area contributed by atoms with Gasteiger partial charge in [0.1, 0.15) is 6.04 Å². The molecule has 27 heavy (non-hydrogen) atoms. The molecule has 1 aliphatic rings. The second-order valence-corrected chi connectivity index (χ2v) is 6.84. The molecule has 3 rings (SSSR count). The zero-order chi connectivity index (χ0) is 19.7. The highest BCUT2D eigenvalue weighted by molar-refractivity contribution is 6.30. The molecule has 0 radical (unpaired) electrons. The minimum absolute atomic E-state index is 0.0845. The molecule has 0 bridgehead atoms. The third-order valence-electron chi connectivity index (χ3n) is 4.69. The number of anilines is 1. The van der Waals surface area contributed by atoms with Crippen molar-refractivity contribution in [2.75, 3.05) is 18.0 Å². The smallest absolute Gasteiger partial charge is 0.269 e. The normalized spacial score (nSPS) is 17.1. The summed E-state index contributed by atoms with van der Waals surface area (Å²) >= 11 is 5.99. The van der Waals surface area contributed by atoms with E-state index in [0.29, 0.717) is 23.7 Å². The highest BCUT2D eigenvalue weighted by Gasteiger charge is 2.35. The molecule has 140 valence electrons. The average molecular weight is 388 g/mol. The topological polar surface area (TPSA) is 83.8 Å². The average Bonchev–Trinajstić information content (AvgIpc) is 2.64. The molecular weight excluding hydrogens is 370 g/mol. The molecule has 1 unspecified atom stereocenters. The van der Waals surface area contributed by atoms with Gasteiger partial charge >= 0.3 is 0 Å². The monoisotopic (exact) mass is 387 g/mol. The number of halogens is 1. The lowest BCUT2D eigenvalue weighted by Crippen LogP contribution is -2.57. The van der Waals surface area contributed by atoms with E-state index in [4.69, 9.17) is 11.6 Å². The second-order valence-electron chi connectivity index (χ2n) is 6.40. The zero-order valence-corrected chi connectivity index (χ0v) is 15.6. The van der Waals surface area contributed by atoms with E-state index in [2.05, 4.69) is 0 Å². The van der Waals surface area contributed by atoms with Gasteiger partial charge in [0.25, 0.3) is 11.6 Å². The van der Waals surface area contributed by atoms with Crippen molar-refractivity contribution in [2.24, 2.45) is 0 Å². The van der Waals surface area contributed by atoms with Crippen molar-refractivity contribution in [3.05, 3.63) is 68.7 Å². The van der Waals surface area contributed by atoms with Crippen molar-refractivity contribution in [1.29, 1.82) is 0 Å². The van der Waals surface area contributed by atoms with Crippen molar-refractivity contribution in [1.82, 2.24) is 4.90 Å². The van der Waals surface area contributed by atoms with Crippen LogP contribution in [0.15, 0.2) is 42.5 Å². The summed E-state index contributed by atoms with van der Waals surface area (Å²) in [5.41, 5.74) is 1.90. The number of carbonyl (C=O) groups is 2. The summed E-state index contributed by atoms with van der Waals surface area (Å²) in [6.07, 6.45) is 0. The molecule has 1 heterocycles. The molecule has 1 atom stereocenters. The molecule has 1 fully saturated rings. The number of carbonyl (C=O) groups excluding carboxylic acids is 2. The van der Waals surface area contributed by atoms with Gasteiger partial charge in [-0.1, -0.05) is 11.6 Å². The van der Waals surface area contributed by atoms with Crippen molar-refractivity contribution in [2.45, 2.75) is 19.9 Å². The predicted molar refractivity (Wildman–Crippen MR) is 102 cm³/mol. The van der Waals surface area contributed by atoms with Crippen LogP contribution in [0.4, 0.5) is 11.4 Å². The molecular formula is C19H18ClN3O4. The Kier molecular flexibility index (Phi) is 5.14. The number of aryl methyl sites for hydroxylation is 1. The SMILES string of the molecule is Cc1cc(Cl)ccc1N1CCN(C(=O)c2ccc([N+](=O)[O-])cc2)C(C)C1=O. The molecule has 2 aromatic carbocycles. The molecule has 0 aliphatic carbocycles. The van der Waals surface area contributed by atoms with Crippen LogP contribution in [0, 0.1) is 17.0 Å². The van der Waals surface area contributed by atoms with E-state index in [-0.39, 0.29) is 17.5 Å². The minimum atomic E-state index is -0.642. The summed E-state index contributed by atoms with van der Waals surface area (Å²) in [6, 6.07) is 10.1. The van der Waals surface area contributed by atoms with Crippen LogP contribution in [-0.4, -0.2) is 40.8 Å². The first-order valence-electron chi connectivity index (χ1n) is 8.42. The van der Waals surface area contributed by atoms with Crippen LogP contribution in [0.5, 0.6) is 0 Å². The molecule has 0 spiro atoms. The molecule has 1 aliphatic heterocycles. The first-order valence-corrected chi connectivity index (χ1v) is 8.80. The third-order valence-corrected chi connectivity index (χ3v) is 4.93. The fourth-order valence-electron chi connectivity index (χ4n) is 3.20. The fraction of sp³-hybridized carbons (Fsp3) is 0.263. The Morgan fingerprint density at radius 1 is 1.19 bits per heavy atom. The Labute approximate surface area is 161 Å². The summed E-state index contributed by atoms with van der Waals surface area (Å²) in [5, 5.41) is 11.4. The molecule has 2 amide bonds. The number of rotatable bonds is 3. The van der Waals surface area contributed by atoms with Crippen molar-refractivity contribution in [3.8, 4) is 0 Å². The van der Waals surface area contributed by atoms with Gasteiger partial charge in [-0.3, -0.25) is 19.7 Å². The van der Waals surface area contributed by atoms with E-state index < -0.39 is 11.0 Å². The Morgan fingerprint density at radius 3 is 2.44 bits per heavy atom. The third kappa shape index (κ3) is 3.64. The Hall–Kier alpha value is -2.93. The quantitative estimate of drug-likeness (QED) is 0.596. The Balaban J connectivity index is 1.79. The number of non-ortho nitro benzene ring substituents is 1. The number of nitro groups is 1. The Morgan fingerprint density at radius 2 is 1.85 bits per heavy atom. The van der Waals surface area contributed by atoms with Crippen LogP contribution in [0.25, 0.3) is 0 Å². The van der Waals surface area contributed by atoms with Crippen LogP contribution < -0.4 is 4.90 Å². The summed E-state index contributed by atoms with van der Waals surface area (Å²) in [5.74, 6) is -0.500. The highest BCUT2D eigenvalue weighted by Crippen LogP contribution is 2.27. The van der Waals surface area contributed by atoms with Crippen LogP contribution in [0.3, 0.4) is 0 Å². The van der Waals surface area contributed by atoms with Crippen LogP contribution in [0.1, 0.15) is 22.8 Å². The highest BCUT2D eigenvalue weighted by atomic mass is 35.5. The van der Waals surface area contributed by atoms with Crippen molar-refractivity contribution < 1.29 is 14.5 Å². The van der Waals surface area contributed by atoms with Crippen LogP contribution in [-0.2, 0) is 4.79 Å². The van der Waals surface area contributed by atoms with E-state index in [1.165, 1.54) is 29.2 Å². The van der Waals surface area contributed by atoms with Gasteiger partial charge in [-0.25, -0.2) is 0 Å². The molecule has 0 aromatic heterocycles. The van der Waals surface area contributed by atoms with Gasteiger partial charge < -0.3 is 9.80 Å². The number of benzene rings is 2. The summed E-state index contributed by atoms with van der Waals surface area (Å²) in [4.78, 5) is 39.0. The van der Waals surface area contributed by atoms with Gasteiger partial charge in [-0.05, 0) is 49.7 Å². The summed E-state index contributed by atoms with van der Waals surface area (Å²) in [7, 11) is 0. The molecule has 2 aromatic rings. The van der Waals surface area contributed by atoms with Crippen LogP contribution >= 0.6 is 11.6 Å². The Bertz CT molecular complexity index is 914. The first-order chi connectivity index (χ1) is 12.8. The molecule has 1 saturated heterocycles. The van der Waals surface area contributed by atoms with Gasteiger partial charge in [0.2, 0.25) is 5.91 Å². The van der Waals surface area contributed by atoms with Gasteiger partial charge in [-0.15, -0.1) is 0 Å². The van der Waals surface area contributed by atoms with Gasteiger partial charge in [-0.2, -0.15) is 0 Å². The standard InChI is InChI=1S/C19H18ClN3O4/c1-12-11-15(20)5-8-17(12)22-10-9-21(13(2)18(22)24)19(25)14-3-6-16(7-4-14)23(26)27/h3-8,11,13H,9-10H2,1-2H3. The lowest BCUT2D eigenvalue weighted by atomic mass is 10.1. The second kappa shape index (κ2) is 7.36. The van der Waals surface area contributed by atoms with Gasteiger partial charge in [0, 0.05) is 41.5 Å². The van der Waals surface area contributed by atoms with Crippen molar-refractivity contribution >= 4 is 34.8 Å². The van der Waals surface area contributed by atoms with Gasteiger partial charge in [0.15, 0.2) is 0 Å². The van der Waals surface area contributed by atoms with Gasteiger partial charge in [0.05, 0.1) is 4.92 Å². The van der Waals surface area contributed by atoms with E-state index in [0.717, 1.165) is 11.3 Å². The molecule has 7 nitrogen and oxygen atoms in total. The minimum Gasteiger partial charge on any atom is -0.325 e. The summed E-state index contributed by atoms with van der Waals surface area (Å²) in [6.45, 7) is 4.30. The van der Waals surface area contributed by atoms with Crippen molar-refractivity contribution in [3.63, 3.8) is 0 Å². The maximum Gasteiger partial charge on any atom is 0.269 e.